The lowest BCUT2D eigenvalue weighted by molar-refractivity contribution is 0.101. The molecule has 0 amide bonds. The van der Waals surface area contributed by atoms with E-state index in [4.69, 9.17) is 0 Å². The molecular weight excluding hydrogens is 262 g/mol. The standard InChI is InChI=1S/C14H19NO3S/c1-4-5-6-10-15(3)19(17,18)14-9-7-8-13(11-14)12(2)16/h4,7-9,11H,1,5-6,10H2,2-3H3. The summed E-state index contributed by atoms with van der Waals surface area (Å²) in [4.78, 5) is 11.4. The maximum Gasteiger partial charge on any atom is 0.242 e. The predicted molar refractivity (Wildman–Crippen MR) is 75.7 cm³/mol. The van der Waals surface area contributed by atoms with Gasteiger partial charge in [0.05, 0.1) is 4.90 Å². The molecule has 1 aromatic rings. The summed E-state index contributed by atoms with van der Waals surface area (Å²) in [6.45, 7) is 5.45. The summed E-state index contributed by atoms with van der Waals surface area (Å²) in [5.74, 6) is -0.147. The molecule has 5 heteroatoms. The number of unbranched alkanes of at least 4 members (excludes halogenated alkanes) is 1. The fourth-order valence-electron chi connectivity index (χ4n) is 1.63. The third-order valence-corrected chi connectivity index (χ3v) is 4.68. The van der Waals surface area contributed by atoms with Crippen LogP contribution in [0.3, 0.4) is 0 Å². The van der Waals surface area contributed by atoms with Gasteiger partial charge < -0.3 is 0 Å². The molecule has 1 aromatic carbocycles. The molecule has 0 atom stereocenters. The van der Waals surface area contributed by atoms with Gasteiger partial charge in [-0.05, 0) is 31.9 Å². The van der Waals surface area contributed by atoms with Gasteiger partial charge in [-0.2, -0.15) is 0 Å². The number of nitrogens with zero attached hydrogens (tertiary/aromatic N) is 1. The van der Waals surface area contributed by atoms with Crippen LogP contribution in [0.1, 0.15) is 30.1 Å². The lowest BCUT2D eigenvalue weighted by atomic mass is 10.2. The van der Waals surface area contributed by atoms with Crippen molar-refractivity contribution in [3.8, 4) is 0 Å². The van der Waals surface area contributed by atoms with E-state index >= 15 is 0 Å². The first kappa shape index (κ1) is 15.6. The Labute approximate surface area is 114 Å². The number of Topliss-reactive ketones (excluding diaryl/α,β-unsaturated/α-hetero) is 1. The molecule has 104 valence electrons. The number of rotatable bonds is 7. The highest BCUT2D eigenvalue weighted by Crippen LogP contribution is 2.16. The maximum atomic E-state index is 12.3. The Bertz CT molecular complexity index is 564. The number of ketones is 1. The Morgan fingerprint density at radius 1 is 1.42 bits per heavy atom. The van der Waals surface area contributed by atoms with Crippen LogP contribution >= 0.6 is 0 Å². The van der Waals surface area contributed by atoms with E-state index < -0.39 is 10.0 Å². The Hall–Kier alpha value is -1.46. The summed E-state index contributed by atoms with van der Waals surface area (Å²) < 4.78 is 25.9. The van der Waals surface area contributed by atoms with E-state index in [9.17, 15) is 13.2 Å². The molecule has 0 N–H and O–H groups in total. The molecule has 19 heavy (non-hydrogen) atoms. The zero-order valence-electron chi connectivity index (χ0n) is 11.3. The minimum atomic E-state index is -3.53. The number of hydrogen-bond acceptors (Lipinski definition) is 3. The van der Waals surface area contributed by atoms with Crippen molar-refractivity contribution in [1.29, 1.82) is 0 Å². The first-order valence-corrected chi connectivity index (χ1v) is 7.52. The zero-order chi connectivity index (χ0) is 14.5. The minimum absolute atomic E-state index is 0.147. The van der Waals surface area contributed by atoms with Crippen molar-refractivity contribution in [2.75, 3.05) is 13.6 Å². The highest BCUT2D eigenvalue weighted by atomic mass is 32.2. The van der Waals surface area contributed by atoms with E-state index in [0.717, 1.165) is 12.8 Å². The fourth-order valence-corrected chi connectivity index (χ4v) is 2.89. The third kappa shape index (κ3) is 4.01. The Morgan fingerprint density at radius 2 is 2.11 bits per heavy atom. The summed E-state index contributed by atoms with van der Waals surface area (Å²) in [6, 6.07) is 6.12. The van der Waals surface area contributed by atoms with E-state index in [0.29, 0.717) is 12.1 Å². The van der Waals surface area contributed by atoms with Gasteiger partial charge in [-0.15, -0.1) is 6.58 Å². The second-order valence-electron chi connectivity index (χ2n) is 4.34. The Balaban J connectivity index is 2.96. The second kappa shape index (κ2) is 6.63. The van der Waals surface area contributed by atoms with Gasteiger partial charge in [-0.1, -0.05) is 18.2 Å². The van der Waals surface area contributed by atoms with Crippen LogP contribution < -0.4 is 0 Å². The van der Waals surface area contributed by atoms with Crippen molar-refractivity contribution in [2.24, 2.45) is 0 Å². The number of hydrogen-bond donors (Lipinski definition) is 0. The lowest BCUT2D eigenvalue weighted by Gasteiger charge is -2.17. The molecule has 1 rings (SSSR count). The van der Waals surface area contributed by atoms with Gasteiger partial charge in [0.25, 0.3) is 0 Å². The van der Waals surface area contributed by atoms with Crippen molar-refractivity contribution >= 4 is 15.8 Å². The topological polar surface area (TPSA) is 54.5 Å². The summed E-state index contributed by atoms with van der Waals surface area (Å²) in [6.07, 6.45) is 3.26. The van der Waals surface area contributed by atoms with Gasteiger partial charge in [0, 0.05) is 19.2 Å². The number of allylic oxidation sites excluding steroid dienone is 1. The molecule has 0 spiro atoms. The molecule has 0 bridgehead atoms. The lowest BCUT2D eigenvalue weighted by Crippen LogP contribution is -2.28. The van der Waals surface area contributed by atoms with E-state index in [1.807, 2.05) is 0 Å². The summed E-state index contributed by atoms with van der Waals surface area (Å²) in [5, 5.41) is 0. The van der Waals surface area contributed by atoms with Crippen LogP contribution in [0.5, 0.6) is 0 Å². The SMILES string of the molecule is C=CCCCN(C)S(=O)(=O)c1cccc(C(C)=O)c1. The number of carbonyl (C=O) groups is 1. The summed E-state index contributed by atoms with van der Waals surface area (Å²) in [5.41, 5.74) is 0.403. The van der Waals surface area contributed by atoms with Crippen molar-refractivity contribution in [3.63, 3.8) is 0 Å². The fraction of sp³-hybridized carbons (Fsp3) is 0.357. The highest BCUT2D eigenvalue weighted by Gasteiger charge is 2.20. The van der Waals surface area contributed by atoms with Crippen LogP contribution in [0, 0.1) is 0 Å². The predicted octanol–water partition coefficient (Wildman–Crippen LogP) is 2.48. The molecule has 4 nitrogen and oxygen atoms in total. The van der Waals surface area contributed by atoms with Gasteiger partial charge in [0.15, 0.2) is 5.78 Å². The zero-order valence-corrected chi connectivity index (χ0v) is 12.1. The molecule has 0 saturated carbocycles. The van der Waals surface area contributed by atoms with Crippen molar-refractivity contribution in [1.82, 2.24) is 4.31 Å². The van der Waals surface area contributed by atoms with E-state index in [1.54, 1.807) is 25.3 Å². The Morgan fingerprint density at radius 3 is 2.68 bits per heavy atom. The van der Waals surface area contributed by atoms with Crippen LogP contribution in [0.4, 0.5) is 0 Å². The molecule has 0 aliphatic carbocycles. The molecule has 0 unspecified atom stereocenters. The number of benzene rings is 1. The largest absolute Gasteiger partial charge is 0.295 e. The molecule has 0 aliphatic heterocycles. The van der Waals surface area contributed by atoms with E-state index in [1.165, 1.54) is 23.4 Å². The van der Waals surface area contributed by atoms with Crippen molar-refractivity contribution < 1.29 is 13.2 Å². The normalized spacial score (nSPS) is 11.5. The third-order valence-electron chi connectivity index (χ3n) is 2.83. The van der Waals surface area contributed by atoms with Crippen LogP contribution in [0.2, 0.25) is 0 Å². The smallest absolute Gasteiger partial charge is 0.242 e. The maximum absolute atomic E-state index is 12.3. The van der Waals surface area contributed by atoms with Crippen LogP contribution in [0.15, 0.2) is 41.8 Å². The van der Waals surface area contributed by atoms with Crippen LogP contribution in [-0.4, -0.2) is 32.1 Å². The first-order valence-electron chi connectivity index (χ1n) is 6.08. The number of carbonyl (C=O) groups excluding carboxylic acids is 1. The molecule has 0 aliphatic rings. The van der Waals surface area contributed by atoms with Gasteiger partial charge in [-0.25, -0.2) is 12.7 Å². The molecule has 0 fully saturated rings. The molecular formula is C14H19NO3S. The van der Waals surface area contributed by atoms with Crippen LogP contribution in [0.25, 0.3) is 0 Å². The van der Waals surface area contributed by atoms with Crippen LogP contribution in [-0.2, 0) is 10.0 Å². The van der Waals surface area contributed by atoms with Gasteiger partial charge in [0.2, 0.25) is 10.0 Å². The quantitative estimate of drug-likeness (QED) is 0.438. The number of sulfonamides is 1. The van der Waals surface area contributed by atoms with Crippen molar-refractivity contribution in [3.05, 3.63) is 42.5 Å². The molecule has 0 aromatic heterocycles. The molecule has 0 heterocycles. The van der Waals surface area contributed by atoms with Crippen molar-refractivity contribution in [2.45, 2.75) is 24.7 Å². The molecule has 0 saturated heterocycles. The summed E-state index contributed by atoms with van der Waals surface area (Å²) in [7, 11) is -1.99. The Kier molecular flexibility index (Phi) is 5.44. The second-order valence-corrected chi connectivity index (χ2v) is 6.39. The average molecular weight is 281 g/mol. The monoisotopic (exact) mass is 281 g/mol. The van der Waals surface area contributed by atoms with Gasteiger partial charge >= 0.3 is 0 Å². The van der Waals surface area contributed by atoms with E-state index in [2.05, 4.69) is 6.58 Å². The van der Waals surface area contributed by atoms with E-state index in [-0.39, 0.29) is 10.7 Å². The molecule has 0 radical (unpaired) electrons. The highest BCUT2D eigenvalue weighted by molar-refractivity contribution is 7.89. The van der Waals surface area contributed by atoms with Gasteiger partial charge in [-0.3, -0.25) is 4.79 Å². The first-order chi connectivity index (χ1) is 8.89. The summed E-state index contributed by atoms with van der Waals surface area (Å²) >= 11 is 0. The minimum Gasteiger partial charge on any atom is -0.295 e. The average Bonchev–Trinajstić information content (AvgIpc) is 2.39. The van der Waals surface area contributed by atoms with Gasteiger partial charge in [0.1, 0.15) is 0 Å².